The van der Waals surface area contributed by atoms with Crippen LogP contribution >= 0.6 is 0 Å². The van der Waals surface area contributed by atoms with E-state index in [0.717, 1.165) is 12.2 Å². The second-order valence-electron chi connectivity index (χ2n) is 4.54. The quantitative estimate of drug-likeness (QED) is 0.849. The fourth-order valence-corrected chi connectivity index (χ4v) is 1.47. The number of amides is 1. The summed E-state index contributed by atoms with van der Waals surface area (Å²) in [5.74, 6) is 0.650. The number of nitrogens with zero attached hydrogens (tertiary/aromatic N) is 1. The summed E-state index contributed by atoms with van der Waals surface area (Å²) in [5.41, 5.74) is 2.31. The number of anilines is 1. The molecule has 1 aromatic carbocycles. The minimum atomic E-state index is 0.112. The highest BCUT2D eigenvalue weighted by Gasteiger charge is 2.05. The topological polar surface area (TPSA) is 32.3 Å². The zero-order chi connectivity index (χ0) is 12.8. The summed E-state index contributed by atoms with van der Waals surface area (Å²) in [6, 6.07) is 8.24. The highest BCUT2D eigenvalue weighted by atomic mass is 16.2. The molecule has 0 unspecified atom stereocenters. The number of carbonyl (C=O) groups is 1. The van der Waals surface area contributed by atoms with Crippen molar-refractivity contribution in [1.29, 1.82) is 0 Å². The van der Waals surface area contributed by atoms with E-state index in [1.54, 1.807) is 4.90 Å². The largest absolute Gasteiger partial charge is 0.376 e. The molecule has 0 aliphatic rings. The fraction of sp³-hybridized carbons (Fsp3) is 0.500. The van der Waals surface area contributed by atoms with Gasteiger partial charge < -0.3 is 10.2 Å². The Hall–Kier alpha value is -1.51. The summed E-state index contributed by atoms with van der Waals surface area (Å²) in [6.45, 7) is 7.40. The molecule has 94 valence electrons. The first-order valence-electron chi connectivity index (χ1n) is 6.12. The van der Waals surface area contributed by atoms with Gasteiger partial charge in [0.1, 0.15) is 0 Å². The fourth-order valence-electron chi connectivity index (χ4n) is 1.47. The molecule has 0 heterocycles. The molecule has 0 saturated heterocycles. The summed E-state index contributed by atoms with van der Waals surface area (Å²) in [4.78, 5) is 13.3. The number of nitrogens with one attached hydrogen (secondary N) is 1. The van der Waals surface area contributed by atoms with Gasteiger partial charge in [0.15, 0.2) is 0 Å². The second kappa shape index (κ2) is 6.28. The minimum absolute atomic E-state index is 0.112. The van der Waals surface area contributed by atoms with Crippen LogP contribution in [0.3, 0.4) is 0 Å². The zero-order valence-corrected chi connectivity index (χ0v) is 11.2. The number of hydrogen-bond donors (Lipinski definition) is 1. The summed E-state index contributed by atoms with van der Waals surface area (Å²) < 4.78 is 0. The molecule has 0 bridgehead atoms. The van der Waals surface area contributed by atoms with Crippen LogP contribution in [0.2, 0.25) is 0 Å². The van der Waals surface area contributed by atoms with Crippen molar-refractivity contribution in [3.63, 3.8) is 0 Å². The molecule has 3 heteroatoms. The zero-order valence-electron chi connectivity index (χ0n) is 11.2. The van der Waals surface area contributed by atoms with Gasteiger partial charge in [-0.05, 0) is 30.5 Å². The Balaban J connectivity index is 2.50. The number of likely N-dealkylation sites (N-methyl/N-ethyl adjacent to an activating group) is 1. The van der Waals surface area contributed by atoms with Gasteiger partial charge in [0.2, 0.25) is 5.91 Å². The van der Waals surface area contributed by atoms with Crippen molar-refractivity contribution in [2.75, 3.05) is 25.5 Å². The maximum Gasteiger partial charge on any atom is 0.241 e. The Morgan fingerprint density at radius 3 is 2.35 bits per heavy atom. The van der Waals surface area contributed by atoms with Crippen LogP contribution in [0, 0.1) is 0 Å². The molecule has 1 rings (SSSR count). The van der Waals surface area contributed by atoms with Crippen molar-refractivity contribution in [3.05, 3.63) is 29.8 Å². The predicted octanol–water partition coefficient (Wildman–Crippen LogP) is 2.70. The van der Waals surface area contributed by atoms with Gasteiger partial charge in [0.05, 0.1) is 6.54 Å². The van der Waals surface area contributed by atoms with E-state index in [1.165, 1.54) is 5.56 Å². The van der Waals surface area contributed by atoms with E-state index >= 15 is 0 Å². The van der Waals surface area contributed by atoms with E-state index in [4.69, 9.17) is 0 Å². The van der Waals surface area contributed by atoms with E-state index in [9.17, 15) is 4.79 Å². The molecule has 1 amide bonds. The molecule has 0 saturated carbocycles. The first-order chi connectivity index (χ1) is 8.04. The molecular formula is C14H22N2O. The SMILES string of the molecule is CCN(C)C(=O)CNc1ccc(C(C)C)cc1. The average Bonchev–Trinajstić information content (AvgIpc) is 2.35. The molecule has 0 atom stereocenters. The molecule has 17 heavy (non-hydrogen) atoms. The lowest BCUT2D eigenvalue weighted by Crippen LogP contribution is -2.31. The number of benzene rings is 1. The van der Waals surface area contributed by atoms with E-state index in [-0.39, 0.29) is 5.91 Å². The smallest absolute Gasteiger partial charge is 0.241 e. The molecule has 0 aliphatic carbocycles. The molecule has 0 fully saturated rings. The van der Waals surface area contributed by atoms with E-state index in [2.05, 4.69) is 31.3 Å². The monoisotopic (exact) mass is 234 g/mol. The van der Waals surface area contributed by atoms with Gasteiger partial charge >= 0.3 is 0 Å². The Morgan fingerprint density at radius 1 is 1.29 bits per heavy atom. The molecule has 3 nitrogen and oxygen atoms in total. The maximum absolute atomic E-state index is 11.6. The molecule has 0 aliphatic heterocycles. The highest BCUT2D eigenvalue weighted by Crippen LogP contribution is 2.16. The average molecular weight is 234 g/mol. The van der Waals surface area contributed by atoms with Crippen LogP contribution in [0.4, 0.5) is 5.69 Å². The van der Waals surface area contributed by atoms with Crippen LogP contribution in [0.1, 0.15) is 32.3 Å². The lowest BCUT2D eigenvalue weighted by Gasteiger charge is -2.15. The number of rotatable bonds is 5. The third-order valence-electron chi connectivity index (χ3n) is 2.92. The Labute approximate surface area is 104 Å². The van der Waals surface area contributed by atoms with Gasteiger partial charge in [0.25, 0.3) is 0 Å². The van der Waals surface area contributed by atoms with Crippen molar-refractivity contribution in [3.8, 4) is 0 Å². The molecular weight excluding hydrogens is 212 g/mol. The lowest BCUT2D eigenvalue weighted by molar-refractivity contribution is -0.127. The molecule has 0 radical (unpaired) electrons. The van der Waals surface area contributed by atoms with Gasteiger partial charge in [-0.25, -0.2) is 0 Å². The normalized spacial score (nSPS) is 10.4. The standard InChI is InChI=1S/C14H22N2O/c1-5-16(4)14(17)10-15-13-8-6-12(7-9-13)11(2)3/h6-9,11,15H,5,10H2,1-4H3. The molecule has 0 spiro atoms. The van der Waals surface area contributed by atoms with E-state index in [0.29, 0.717) is 12.5 Å². The van der Waals surface area contributed by atoms with Gasteiger partial charge in [-0.1, -0.05) is 26.0 Å². The third-order valence-corrected chi connectivity index (χ3v) is 2.92. The summed E-state index contributed by atoms with van der Waals surface area (Å²) >= 11 is 0. The molecule has 0 aromatic heterocycles. The Kier molecular flexibility index (Phi) is 5.01. The minimum Gasteiger partial charge on any atom is -0.376 e. The first kappa shape index (κ1) is 13.6. The van der Waals surface area contributed by atoms with Crippen LogP contribution in [0.25, 0.3) is 0 Å². The first-order valence-corrected chi connectivity index (χ1v) is 6.12. The predicted molar refractivity (Wildman–Crippen MR) is 72.3 cm³/mol. The van der Waals surface area contributed by atoms with Crippen molar-refractivity contribution >= 4 is 11.6 Å². The van der Waals surface area contributed by atoms with Crippen molar-refractivity contribution in [2.45, 2.75) is 26.7 Å². The number of hydrogen-bond acceptors (Lipinski definition) is 2. The Morgan fingerprint density at radius 2 is 1.88 bits per heavy atom. The van der Waals surface area contributed by atoms with Crippen molar-refractivity contribution in [1.82, 2.24) is 4.90 Å². The summed E-state index contributed by atoms with van der Waals surface area (Å²) in [6.07, 6.45) is 0. The molecule has 1 aromatic rings. The van der Waals surface area contributed by atoms with Crippen LogP contribution < -0.4 is 5.32 Å². The van der Waals surface area contributed by atoms with Gasteiger partial charge in [0, 0.05) is 19.3 Å². The highest BCUT2D eigenvalue weighted by molar-refractivity contribution is 5.80. The van der Waals surface area contributed by atoms with Gasteiger partial charge in [-0.2, -0.15) is 0 Å². The van der Waals surface area contributed by atoms with E-state index < -0.39 is 0 Å². The van der Waals surface area contributed by atoms with Crippen molar-refractivity contribution < 1.29 is 4.79 Å². The van der Waals surface area contributed by atoms with Gasteiger partial charge in [-0.15, -0.1) is 0 Å². The summed E-state index contributed by atoms with van der Waals surface area (Å²) in [7, 11) is 1.81. The number of carbonyl (C=O) groups excluding carboxylic acids is 1. The van der Waals surface area contributed by atoms with Crippen molar-refractivity contribution in [2.24, 2.45) is 0 Å². The van der Waals surface area contributed by atoms with Crippen LogP contribution in [-0.4, -0.2) is 30.9 Å². The molecule has 1 N–H and O–H groups in total. The van der Waals surface area contributed by atoms with Crippen LogP contribution in [0.15, 0.2) is 24.3 Å². The maximum atomic E-state index is 11.6. The second-order valence-corrected chi connectivity index (χ2v) is 4.54. The van der Waals surface area contributed by atoms with Crippen LogP contribution in [-0.2, 0) is 4.79 Å². The third kappa shape index (κ3) is 4.10. The summed E-state index contributed by atoms with van der Waals surface area (Å²) in [5, 5.41) is 3.13. The lowest BCUT2D eigenvalue weighted by atomic mass is 10.0. The van der Waals surface area contributed by atoms with Gasteiger partial charge in [-0.3, -0.25) is 4.79 Å². The van der Waals surface area contributed by atoms with Crippen LogP contribution in [0.5, 0.6) is 0 Å². The van der Waals surface area contributed by atoms with E-state index in [1.807, 2.05) is 26.1 Å². The Bertz CT molecular complexity index is 357.